The third-order valence-electron chi connectivity index (χ3n) is 4.64. The number of sulfonamides is 1. The fraction of sp³-hybridized carbons (Fsp3) is 0.190. The van der Waals surface area contributed by atoms with Crippen molar-refractivity contribution in [3.05, 3.63) is 76.0 Å². The molecule has 2 aromatic carbocycles. The van der Waals surface area contributed by atoms with Crippen LogP contribution in [-0.2, 0) is 22.7 Å². The first-order valence-electron chi connectivity index (χ1n) is 9.19. The number of benzene rings is 2. The Morgan fingerprint density at radius 3 is 2.25 bits per heavy atom. The summed E-state index contributed by atoms with van der Waals surface area (Å²) in [5.74, 6) is -0.0304. The van der Waals surface area contributed by atoms with E-state index >= 15 is 0 Å². The Labute approximate surface area is 187 Å². The molecule has 0 aliphatic rings. The smallest absolute Gasteiger partial charge is 0.416 e. The summed E-state index contributed by atoms with van der Waals surface area (Å²) < 4.78 is 70.0. The van der Waals surface area contributed by atoms with Crippen molar-refractivity contribution in [2.45, 2.75) is 17.6 Å². The number of methoxy groups -OCH3 is 1. The van der Waals surface area contributed by atoms with Gasteiger partial charge in [-0.05, 0) is 53.4 Å². The van der Waals surface area contributed by atoms with E-state index in [1.807, 2.05) is 0 Å². The summed E-state index contributed by atoms with van der Waals surface area (Å²) in [6.45, 7) is -0.0107. The van der Waals surface area contributed by atoms with Crippen LogP contribution in [-0.4, -0.2) is 28.5 Å². The zero-order valence-electron chi connectivity index (χ0n) is 17.0. The number of thiophene rings is 1. The van der Waals surface area contributed by atoms with Gasteiger partial charge in [-0.15, -0.1) is 11.3 Å². The van der Waals surface area contributed by atoms with E-state index in [2.05, 4.69) is 5.32 Å². The highest BCUT2D eigenvalue weighted by atomic mass is 32.2. The molecule has 0 aliphatic carbocycles. The van der Waals surface area contributed by atoms with Gasteiger partial charge in [-0.1, -0.05) is 12.1 Å². The topological polar surface area (TPSA) is 75.7 Å². The van der Waals surface area contributed by atoms with E-state index in [1.165, 1.54) is 56.6 Å². The van der Waals surface area contributed by atoms with E-state index in [0.717, 1.165) is 27.8 Å². The molecule has 11 heteroatoms. The van der Waals surface area contributed by atoms with E-state index in [-0.39, 0.29) is 22.0 Å². The molecule has 0 saturated carbocycles. The molecule has 1 aromatic heterocycles. The van der Waals surface area contributed by atoms with Gasteiger partial charge in [0.05, 0.1) is 23.3 Å². The lowest BCUT2D eigenvalue weighted by Gasteiger charge is -2.20. The van der Waals surface area contributed by atoms with E-state index in [1.54, 1.807) is 5.38 Å². The summed E-state index contributed by atoms with van der Waals surface area (Å²) >= 11 is 1.06. The molecule has 1 N–H and O–H groups in total. The number of halogens is 3. The maximum absolute atomic E-state index is 13.0. The number of carbonyl (C=O) groups excluding carboxylic acids is 1. The summed E-state index contributed by atoms with van der Waals surface area (Å²) in [6, 6.07) is 11.8. The molecule has 0 radical (unpaired) electrons. The van der Waals surface area contributed by atoms with Crippen molar-refractivity contribution in [3.8, 4) is 5.75 Å². The second kappa shape index (κ2) is 9.21. The SMILES string of the molecule is COc1ccc(S(=O)(=O)N(C)c2ccsc2C(=O)NCc2ccc(C(F)(F)F)cc2)cc1. The standard InChI is InChI=1S/C21H19F3N2O4S2/c1-26(32(28,29)17-9-7-16(30-2)8-10-17)18-11-12-31-19(18)20(27)25-13-14-3-5-15(6-4-14)21(22,23)24/h3-12H,13H2,1-2H3,(H,25,27). The Morgan fingerprint density at radius 2 is 1.69 bits per heavy atom. The predicted molar refractivity (Wildman–Crippen MR) is 116 cm³/mol. The molecular weight excluding hydrogens is 465 g/mol. The number of rotatable bonds is 7. The van der Waals surface area contributed by atoms with Crippen molar-refractivity contribution in [2.24, 2.45) is 0 Å². The number of nitrogens with one attached hydrogen (secondary N) is 1. The molecule has 3 aromatic rings. The van der Waals surface area contributed by atoms with Crippen molar-refractivity contribution in [1.82, 2.24) is 5.32 Å². The van der Waals surface area contributed by atoms with Gasteiger partial charge < -0.3 is 10.1 Å². The molecule has 3 rings (SSSR count). The molecule has 0 bridgehead atoms. The van der Waals surface area contributed by atoms with Crippen molar-refractivity contribution in [1.29, 1.82) is 0 Å². The highest BCUT2D eigenvalue weighted by Crippen LogP contribution is 2.31. The monoisotopic (exact) mass is 484 g/mol. The number of amides is 1. The van der Waals surface area contributed by atoms with Crippen LogP contribution in [0.5, 0.6) is 5.75 Å². The first-order chi connectivity index (χ1) is 15.0. The number of nitrogens with zero attached hydrogens (tertiary/aromatic N) is 1. The van der Waals surface area contributed by atoms with E-state index in [9.17, 15) is 26.4 Å². The van der Waals surface area contributed by atoms with Gasteiger partial charge in [0, 0.05) is 13.6 Å². The minimum atomic E-state index is -4.44. The van der Waals surface area contributed by atoms with Gasteiger partial charge >= 0.3 is 6.18 Å². The molecule has 0 spiro atoms. The van der Waals surface area contributed by atoms with Crippen LogP contribution < -0.4 is 14.4 Å². The van der Waals surface area contributed by atoms with Crippen LogP contribution in [0, 0.1) is 0 Å². The summed E-state index contributed by atoms with van der Waals surface area (Å²) in [5, 5.41) is 4.20. The summed E-state index contributed by atoms with van der Waals surface area (Å²) in [4.78, 5) is 12.9. The predicted octanol–water partition coefficient (Wildman–Crippen LogP) is 4.53. The lowest BCUT2D eigenvalue weighted by Crippen LogP contribution is -2.29. The molecule has 32 heavy (non-hydrogen) atoms. The Balaban J connectivity index is 1.74. The molecule has 6 nitrogen and oxygen atoms in total. The first kappa shape index (κ1) is 23.6. The van der Waals surface area contributed by atoms with Crippen molar-refractivity contribution in [2.75, 3.05) is 18.5 Å². The molecule has 0 saturated heterocycles. The Kier molecular flexibility index (Phi) is 6.79. The maximum atomic E-state index is 13.0. The average Bonchev–Trinajstić information content (AvgIpc) is 3.26. The van der Waals surface area contributed by atoms with Gasteiger partial charge in [0.2, 0.25) is 0 Å². The highest BCUT2D eigenvalue weighted by Gasteiger charge is 2.30. The number of hydrogen-bond acceptors (Lipinski definition) is 5. The summed E-state index contributed by atoms with van der Waals surface area (Å²) in [5.41, 5.74) is -0.113. The first-order valence-corrected chi connectivity index (χ1v) is 11.5. The Morgan fingerprint density at radius 1 is 1.06 bits per heavy atom. The zero-order chi connectivity index (χ0) is 23.5. The van der Waals surface area contributed by atoms with Gasteiger partial charge in [0.1, 0.15) is 10.6 Å². The number of alkyl halides is 3. The van der Waals surface area contributed by atoms with Gasteiger partial charge in [0.25, 0.3) is 15.9 Å². The average molecular weight is 485 g/mol. The lowest BCUT2D eigenvalue weighted by molar-refractivity contribution is -0.137. The third-order valence-corrected chi connectivity index (χ3v) is 7.33. The van der Waals surface area contributed by atoms with Crippen molar-refractivity contribution in [3.63, 3.8) is 0 Å². The van der Waals surface area contributed by atoms with Crippen LogP contribution in [0.4, 0.5) is 18.9 Å². The quantitative estimate of drug-likeness (QED) is 0.535. The van der Waals surface area contributed by atoms with Crippen molar-refractivity contribution >= 4 is 33.0 Å². The molecule has 1 heterocycles. The fourth-order valence-electron chi connectivity index (χ4n) is 2.83. The molecule has 0 atom stereocenters. The molecular formula is C21H19F3N2O4S2. The minimum absolute atomic E-state index is 0.0107. The third kappa shape index (κ3) is 5.05. The maximum Gasteiger partial charge on any atom is 0.416 e. The fourth-order valence-corrected chi connectivity index (χ4v) is 4.93. The van der Waals surface area contributed by atoms with E-state index < -0.39 is 27.7 Å². The number of anilines is 1. The van der Waals surface area contributed by atoms with Crippen LogP contribution in [0.1, 0.15) is 20.8 Å². The van der Waals surface area contributed by atoms with Crippen LogP contribution in [0.25, 0.3) is 0 Å². The van der Waals surface area contributed by atoms with E-state index in [4.69, 9.17) is 4.74 Å². The van der Waals surface area contributed by atoms with Gasteiger partial charge in [-0.2, -0.15) is 13.2 Å². The van der Waals surface area contributed by atoms with Gasteiger partial charge in [-0.25, -0.2) is 8.42 Å². The molecule has 0 unspecified atom stereocenters. The van der Waals surface area contributed by atoms with Gasteiger partial charge in [-0.3, -0.25) is 9.10 Å². The van der Waals surface area contributed by atoms with Crippen LogP contribution in [0.15, 0.2) is 64.9 Å². The second-order valence-corrected chi connectivity index (χ2v) is 9.55. The largest absolute Gasteiger partial charge is 0.497 e. The molecule has 170 valence electrons. The normalized spacial score (nSPS) is 11.8. The number of carbonyl (C=O) groups is 1. The molecule has 1 amide bonds. The number of hydrogen-bond donors (Lipinski definition) is 1. The second-order valence-electron chi connectivity index (χ2n) is 6.66. The summed E-state index contributed by atoms with van der Waals surface area (Å²) in [7, 11) is -1.12. The van der Waals surface area contributed by atoms with Crippen LogP contribution in [0.3, 0.4) is 0 Å². The highest BCUT2D eigenvalue weighted by molar-refractivity contribution is 7.92. The zero-order valence-corrected chi connectivity index (χ0v) is 18.6. The van der Waals surface area contributed by atoms with E-state index in [0.29, 0.717) is 11.3 Å². The van der Waals surface area contributed by atoms with Gasteiger partial charge in [0.15, 0.2) is 0 Å². The van der Waals surface area contributed by atoms with Crippen LogP contribution in [0.2, 0.25) is 0 Å². The number of ether oxygens (including phenoxy) is 1. The molecule has 0 fully saturated rings. The Hall–Kier alpha value is -3.05. The summed E-state index contributed by atoms with van der Waals surface area (Å²) in [6.07, 6.45) is -4.44. The van der Waals surface area contributed by atoms with Crippen LogP contribution >= 0.6 is 11.3 Å². The van der Waals surface area contributed by atoms with Crippen molar-refractivity contribution < 1.29 is 31.1 Å². The molecule has 0 aliphatic heterocycles. The Bertz CT molecular complexity index is 1190. The lowest BCUT2D eigenvalue weighted by atomic mass is 10.1. The minimum Gasteiger partial charge on any atom is -0.497 e.